The van der Waals surface area contributed by atoms with E-state index in [0.717, 1.165) is 28.4 Å². The molecule has 6 rings (SSSR count). The molecule has 2 fully saturated rings. The number of nitrogens with one attached hydrogen (secondary N) is 1. The number of rotatable bonds is 3. The van der Waals surface area contributed by atoms with Gasteiger partial charge in [-0.1, -0.05) is 11.3 Å². The number of aromatic nitrogens is 4. The van der Waals surface area contributed by atoms with Crippen LogP contribution in [-0.2, 0) is 0 Å². The molecule has 3 aromatic heterocycles. The molecule has 0 aliphatic carbocycles. The average Bonchev–Trinajstić information content (AvgIpc) is 3.47. The Labute approximate surface area is 188 Å². The van der Waals surface area contributed by atoms with Crippen molar-refractivity contribution in [2.75, 3.05) is 11.9 Å². The van der Waals surface area contributed by atoms with E-state index in [-0.39, 0.29) is 5.82 Å². The number of hydrogen-bond acceptors (Lipinski definition) is 7. The van der Waals surface area contributed by atoms with Gasteiger partial charge < -0.3 is 10.2 Å². The molecule has 162 valence electrons. The highest BCUT2D eigenvalue weighted by Gasteiger charge is 2.36. The Morgan fingerprint density at radius 1 is 1.22 bits per heavy atom. The van der Waals surface area contributed by atoms with Crippen molar-refractivity contribution in [1.29, 1.82) is 5.26 Å². The lowest BCUT2D eigenvalue weighted by molar-refractivity contribution is 0.354. The Morgan fingerprint density at radius 3 is 2.75 bits per heavy atom. The van der Waals surface area contributed by atoms with Gasteiger partial charge in [0.25, 0.3) is 0 Å². The third-order valence-corrected chi connectivity index (χ3v) is 7.79. The molecular formula is C23H22FN7S. The highest BCUT2D eigenvalue weighted by Crippen LogP contribution is 2.37. The van der Waals surface area contributed by atoms with Crippen molar-refractivity contribution in [2.45, 2.75) is 50.7 Å². The number of halogens is 1. The number of nitrogens with zero attached hydrogens (tertiary/aromatic N) is 6. The van der Waals surface area contributed by atoms with Crippen molar-refractivity contribution in [2.24, 2.45) is 0 Å². The van der Waals surface area contributed by atoms with Crippen molar-refractivity contribution < 1.29 is 4.39 Å². The summed E-state index contributed by atoms with van der Waals surface area (Å²) in [6.07, 6.45) is 6.45. The summed E-state index contributed by atoms with van der Waals surface area (Å²) >= 11 is 1.51. The molecule has 5 heterocycles. The van der Waals surface area contributed by atoms with Gasteiger partial charge >= 0.3 is 0 Å². The molecule has 4 aromatic rings. The first-order valence-corrected chi connectivity index (χ1v) is 11.7. The molecule has 1 aromatic carbocycles. The van der Waals surface area contributed by atoms with E-state index in [2.05, 4.69) is 38.4 Å². The number of thiazole rings is 1. The second kappa shape index (κ2) is 7.22. The second-order valence-electron chi connectivity index (χ2n) is 8.88. The Kier molecular flexibility index (Phi) is 4.42. The number of anilines is 1. The van der Waals surface area contributed by atoms with Crippen LogP contribution in [0.1, 0.15) is 36.9 Å². The van der Waals surface area contributed by atoms with Crippen LogP contribution in [0.15, 0.2) is 24.4 Å². The summed E-state index contributed by atoms with van der Waals surface area (Å²) in [5.41, 5.74) is 3.23. The lowest BCUT2D eigenvalue weighted by Crippen LogP contribution is -2.47. The number of hydrogen-bond donors (Lipinski definition) is 1. The molecule has 2 aliphatic heterocycles. The first kappa shape index (κ1) is 19.6. The summed E-state index contributed by atoms with van der Waals surface area (Å²) in [7, 11) is 2.07. The van der Waals surface area contributed by atoms with E-state index in [1.165, 1.54) is 30.2 Å². The van der Waals surface area contributed by atoms with Gasteiger partial charge in [-0.2, -0.15) is 10.4 Å². The third-order valence-electron chi connectivity index (χ3n) is 6.70. The molecular weight excluding hydrogens is 425 g/mol. The molecule has 0 amide bonds. The summed E-state index contributed by atoms with van der Waals surface area (Å²) in [4.78, 5) is 11.2. The Bertz CT molecular complexity index is 1390. The minimum absolute atomic E-state index is 0.374. The minimum Gasteiger partial charge on any atom is -0.348 e. The van der Waals surface area contributed by atoms with E-state index in [1.54, 1.807) is 16.8 Å². The van der Waals surface area contributed by atoms with Gasteiger partial charge in [-0.05, 0) is 50.8 Å². The van der Waals surface area contributed by atoms with Gasteiger partial charge in [0.2, 0.25) is 0 Å². The standard InChI is InChI=1S/C23H22FN7S/c1-12-11-31-22(26-12)14(10-25)6-19(29-31)13-5-18(24)21-20(7-13)32-23(28-21)30(2)17-8-15-3-4-16(9-17)27-15/h5-7,11,15-17,27H,3-4,8-9H2,1-2H3/t15-,16+,17-. The van der Waals surface area contributed by atoms with Crippen LogP contribution < -0.4 is 10.2 Å². The van der Waals surface area contributed by atoms with Crippen LogP contribution in [0.2, 0.25) is 0 Å². The molecule has 2 bridgehead atoms. The van der Waals surface area contributed by atoms with Crippen molar-refractivity contribution >= 4 is 32.3 Å². The van der Waals surface area contributed by atoms with Crippen LogP contribution in [-0.4, -0.2) is 44.8 Å². The molecule has 1 N–H and O–H groups in total. The number of aryl methyl sites for hydroxylation is 1. The van der Waals surface area contributed by atoms with E-state index in [0.29, 0.717) is 46.1 Å². The maximum Gasteiger partial charge on any atom is 0.186 e. The van der Waals surface area contributed by atoms with Crippen molar-refractivity contribution in [3.8, 4) is 17.3 Å². The van der Waals surface area contributed by atoms with Crippen LogP contribution in [0, 0.1) is 24.1 Å². The number of imidazole rings is 1. The highest BCUT2D eigenvalue weighted by molar-refractivity contribution is 7.22. The highest BCUT2D eigenvalue weighted by atomic mass is 32.1. The van der Waals surface area contributed by atoms with E-state index in [1.807, 2.05) is 13.0 Å². The van der Waals surface area contributed by atoms with Gasteiger partial charge in [0, 0.05) is 30.7 Å². The molecule has 32 heavy (non-hydrogen) atoms. The monoisotopic (exact) mass is 447 g/mol. The topological polar surface area (TPSA) is 82.1 Å². The van der Waals surface area contributed by atoms with Crippen LogP contribution in [0.5, 0.6) is 0 Å². The molecule has 2 saturated heterocycles. The Balaban J connectivity index is 1.39. The molecule has 0 radical (unpaired) electrons. The van der Waals surface area contributed by atoms with Gasteiger partial charge in [-0.3, -0.25) is 0 Å². The maximum atomic E-state index is 15.1. The van der Waals surface area contributed by atoms with Gasteiger partial charge in [0.05, 0.1) is 27.8 Å². The summed E-state index contributed by atoms with van der Waals surface area (Å²) in [6, 6.07) is 8.80. The number of fused-ring (bicyclic) bond motifs is 4. The van der Waals surface area contributed by atoms with Crippen molar-refractivity contribution in [3.05, 3.63) is 41.5 Å². The predicted molar refractivity (Wildman–Crippen MR) is 122 cm³/mol. The summed E-state index contributed by atoms with van der Waals surface area (Å²) in [6.45, 7) is 1.85. The lowest BCUT2D eigenvalue weighted by Gasteiger charge is -2.35. The van der Waals surface area contributed by atoms with E-state index < -0.39 is 0 Å². The van der Waals surface area contributed by atoms with Gasteiger partial charge in [-0.25, -0.2) is 18.9 Å². The lowest BCUT2D eigenvalue weighted by atomic mass is 9.99. The zero-order valence-electron chi connectivity index (χ0n) is 17.8. The fourth-order valence-electron chi connectivity index (χ4n) is 5.09. The summed E-state index contributed by atoms with van der Waals surface area (Å²) in [5.74, 6) is -0.374. The van der Waals surface area contributed by atoms with Crippen LogP contribution >= 0.6 is 11.3 Å². The molecule has 0 spiro atoms. The second-order valence-corrected chi connectivity index (χ2v) is 9.89. The normalized spacial score (nSPS) is 22.5. The number of benzene rings is 1. The SMILES string of the molecule is Cc1cn2nc(-c3cc(F)c4nc(N(C)[C@@H]5C[C@H]6CC[C@@H](C5)N6)sc4c3)cc(C#N)c2n1. The van der Waals surface area contributed by atoms with Crippen molar-refractivity contribution in [1.82, 2.24) is 24.9 Å². The average molecular weight is 448 g/mol. The molecule has 2 aliphatic rings. The van der Waals surface area contributed by atoms with E-state index in [4.69, 9.17) is 0 Å². The zero-order chi connectivity index (χ0) is 22.0. The van der Waals surface area contributed by atoms with Crippen LogP contribution in [0.4, 0.5) is 9.52 Å². The Morgan fingerprint density at radius 2 is 2.00 bits per heavy atom. The zero-order valence-corrected chi connectivity index (χ0v) is 18.7. The molecule has 3 atom stereocenters. The maximum absolute atomic E-state index is 15.1. The fraction of sp³-hybridized carbons (Fsp3) is 0.391. The van der Waals surface area contributed by atoms with Crippen LogP contribution in [0.3, 0.4) is 0 Å². The summed E-state index contributed by atoms with van der Waals surface area (Å²) < 4.78 is 17.5. The van der Waals surface area contributed by atoms with E-state index in [9.17, 15) is 5.26 Å². The third kappa shape index (κ3) is 3.14. The minimum atomic E-state index is -0.374. The number of piperidine rings is 1. The quantitative estimate of drug-likeness (QED) is 0.510. The van der Waals surface area contributed by atoms with Crippen molar-refractivity contribution in [3.63, 3.8) is 0 Å². The first-order chi connectivity index (χ1) is 15.5. The van der Waals surface area contributed by atoms with Gasteiger partial charge in [-0.15, -0.1) is 0 Å². The van der Waals surface area contributed by atoms with E-state index >= 15 is 4.39 Å². The smallest absolute Gasteiger partial charge is 0.186 e. The molecule has 0 unspecified atom stereocenters. The Hall–Kier alpha value is -3.09. The summed E-state index contributed by atoms with van der Waals surface area (Å²) in [5, 5.41) is 18.6. The largest absolute Gasteiger partial charge is 0.348 e. The molecule has 0 saturated carbocycles. The molecule has 9 heteroatoms. The van der Waals surface area contributed by atoms with Crippen LogP contribution in [0.25, 0.3) is 27.1 Å². The van der Waals surface area contributed by atoms with Gasteiger partial charge in [0.1, 0.15) is 11.6 Å². The predicted octanol–water partition coefficient (Wildman–Crippen LogP) is 4.04. The molecule has 7 nitrogen and oxygen atoms in total. The first-order valence-electron chi connectivity index (χ1n) is 10.8. The fourth-order valence-corrected chi connectivity index (χ4v) is 6.14. The van der Waals surface area contributed by atoms with Gasteiger partial charge in [0.15, 0.2) is 16.6 Å². The number of nitriles is 1.